The van der Waals surface area contributed by atoms with E-state index in [4.69, 9.17) is 5.73 Å². The molecule has 2 rings (SSSR count). The summed E-state index contributed by atoms with van der Waals surface area (Å²) in [5.74, 6) is 0.484. The molecule has 0 bridgehead atoms. The highest BCUT2D eigenvalue weighted by atomic mass is 32.1. The van der Waals surface area contributed by atoms with E-state index < -0.39 is 0 Å². The van der Waals surface area contributed by atoms with Crippen molar-refractivity contribution in [2.75, 3.05) is 12.3 Å². The number of anilines is 1. The fraction of sp³-hybridized carbons (Fsp3) is 0.400. The zero-order chi connectivity index (χ0) is 15.4. The van der Waals surface area contributed by atoms with Crippen molar-refractivity contribution in [3.05, 3.63) is 39.5 Å². The second kappa shape index (κ2) is 6.67. The fourth-order valence-electron chi connectivity index (χ4n) is 1.93. The predicted molar refractivity (Wildman–Crippen MR) is 85.6 cm³/mol. The Kier molecular flexibility index (Phi) is 4.90. The zero-order valence-corrected chi connectivity index (χ0v) is 13.3. The van der Waals surface area contributed by atoms with Gasteiger partial charge in [0.25, 0.3) is 5.91 Å². The van der Waals surface area contributed by atoms with Crippen LogP contribution in [0.1, 0.15) is 46.5 Å². The minimum atomic E-state index is -0.127. The van der Waals surface area contributed by atoms with Crippen LogP contribution in [0.25, 0.3) is 0 Å². The van der Waals surface area contributed by atoms with Crippen molar-refractivity contribution in [3.63, 3.8) is 0 Å². The van der Waals surface area contributed by atoms with Crippen molar-refractivity contribution in [3.8, 4) is 0 Å². The molecule has 112 valence electrons. The quantitative estimate of drug-likeness (QED) is 0.889. The van der Waals surface area contributed by atoms with E-state index in [1.54, 1.807) is 23.5 Å². The summed E-state index contributed by atoms with van der Waals surface area (Å²) in [5, 5.41) is 5.95. The fourth-order valence-corrected chi connectivity index (χ4v) is 2.58. The third kappa shape index (κ3) is 4.26. The topological polar surface area (TPSA) is 80.9 Å². The van der Waals surface area contributed by atoms with E-state index in [0.29, 0.717) is 17.9 Å². The lowest BCUT2D eigenvalue weighted by molar-refractivity contribution is 0.0954. The molecule has 0 aliphatic heterocycles. The van der Waals surface area contributed by atoms with Crippen LogP contribution < -0.4 is 11.1 Å². The number of hydrogen-bond acceptors (Lipinski definition) is 5. The maximum Gasteiger partial charge on any atom is 0.251 e. The van der Waals surface area contributed by atoms with Crippen molar-refractivity contribution in [1.82, 2.24) is 15.3 Å². The normalized spacial score (nSPS) is 10.9. The number of pyridine rings is 1. The van der Waals surface area contributed by atoms with Crippen molar-refractivity contribution in [2.45, 2.75) is 33.1 Å². The molecular weight excluding hydrogens is 284 g/mol. The average molecular weight is 304 g/mol. The number of nitrogens with zero attached hydrogens (tertiary/aromatic N) is 2. The van der Waals surface area contributed by atoms with Gasteiger partial charge in [-0.25, -0.2) is 9.97 Å². The number of aromatic nitrogens is 2. The first-order valence-electron chi connectivity index (χ1n) is 6.92. The number of aryl methyl sites for hydroxylation is 1. The third-order valence-corrected chi connectivity index (χ3v) is 3.87. The van der Waals surface area contributed by atoms with Gasteiger partial charge in [0.15, 0.2) is 0 Å². The highest BCUT2D eigenvalue weighted by Gasteiger charge is 2.10. The number of carbonyl (C=O) groups is 1. The Morgan fingerprint density at radius 1 is 1.38 bits per heavy atom. The molecule has 0 aliphatic rings. The van der Waals surface area contributed by atoms with E-state index in [1.807, 2.05) is 26.2 Å². The molecule has 0 atom stereocenters. The Labute approximate surface area is 128 Å². The first-order valence-corrected chi connectivity index (χ1v) is 7.80. The van der Waals surface area contributed by atoms with Crippen molar-refractivity contribution >= 4 is 23.1 Å². The van der Waals surface area contributed by atoms with Crippen LogP contribution in [-0.4, -0.2) is 22.4 Å². The van der Waals surface area contributed by atoms with Crippen LogP contribution in [0.3, 0.4) is 0 Å². The lowest BCUT2D eigenvalue weighted by Gasteiger charge is -2.09. The van der Waals surface area contributed by atoms with Gasteiger partial charge in [0.1, 0.15) is 5.82 Å². The molecular formula is C15H20N4OS. The van der Waals surface area contributed by atoms with Gasteiger partial charge in [0.2, 0.25) is 0 Å². The van der Waals surface area contributed by atoms with Gasteiger partial charge in [-0.2, -0.15) is 0 Å². The third-order valence-electron chi connectivity index (χ3n) is 3.05. The first-order chi connectivity index (χ1) is 9.95. The van der Waals surface area contributed by atoms with Gasteiger partial charge in [-0.1, -0.05) is 13.8 Å². The van der Waals surface area contributed by atoms with E-state index in [-0.39, 0.29) is 11.8 Å². The van der Waals surface area contributed by atoms with Gasteiger partial charge in [-0.05, 0) is 25.0 Å². The Morgan fingerprint density at radius 2 is 2.14 bits per heavy atom. The van der Waals surface area contributed by atoms with Crippen LogP contribution >= 0.6 is 11.3 Å². The Morgan fingerprint density at radius 3 is 2.76 bits per heavy atom. The molecule has 5 nitrogen and oxygen atoms in total. The highest BCUT2D eigenvalue weighted by molar-refractivity contribution is 7.09. The second-order valence-electron chi connectivity index (χ2n) is 5.22. The van der Waals surface area contributed by atoms with Crippen LogP contribution in [0.15, 0.2) is 17.5 Å². The molecule has 6 heteroatoms. The summed E-state index contributed by atoms with van der Waals surface area (Å²) in [6.07, 6.45) is 0.730. The van der Waals surface area contributed by atoms with E-state index >= 15 is 0 Å². The second-order valence-corrected chi connectivity index (χ2v) is 6.29. The molecule has 0 aliphatic carbocycles. The Bertz CT molecular complexity index is 636. The molecule has 2 aromatic heterocycles. The molecule has 21 heavy (non-hydrogen) atoms. The van der Waals surface area contributed by atoms with Gasteiger partial charge < -0.3 is 11.1 Å². The smallest absolute Gasteiger partial charge is 0.251 e. The van der Waals surface area contributed by atoms with E-state index in [9.17, 15) is 4.79 Å². The molecule has 2 aromatic rings. The van der Waals surface area contributed by atoms with Crippen LogP contribution in [0.4, 0.5) is 5.82 Å². The molecule has 0 saturated heterocycles. The van der Waals surface area contributed by atoms with Crippen molar-refractivity contribution in [2.24, 2.45) is 0 Å². The monoisotopic (exact) mass is 304 g/mol. The van der Waals surface area contributed by atoms with Crippen LogP contribution in [0, 0.1) is 6.92 Å². The summed E-state index contributed by atoms with van der Waals surface area (Å²) in [7, 11) is 0. The molecule has 0 unspecified atom stereocenters. The van der Waals surface area contributed by atoms with Gasteiger partial charge in [-0.15, -0.1) is 11.3 Å². The van der Waals surface area contributed by atoms with Crippen LogP contribution in [0.5, 0.6) is 0 Å². The maximum absolute atomic E-state index is 12.2. The van der Waals surface area contributed by atoms with Crippen molar-refractivity contribution < 1.29 is 4.79 Å². The summed E-state index contributed by atoms with van der Waals surface area (Å²) in [6, 6.07) is 3.40. The number of hydrogen-bond donors (Lipinski definition) is 2. The Hall–Kier alpha value is -1.95. The number of nitrogens with two attached hydrogens (primary N) is 1. The molecule has 0 radical (unpaired) electrons. The number of nitrogens with one attached hydrogen (secondary N) is 1. The lowest BCUT2D eigenvalue weighted by atomic mass is 10.1. The van der Waals surface area contributed by atoms with Gasteiger partial charge >= 0.3 is 0 Å². The van der Waals surface area contributed by atoms with Gasteiger partial charge in [0.05, 0.1) is 10.7 Å². The van der Waals surface area contributed by atoms with E-state index in [2.05, 4.69) is 15.3 Å². The van der Waals surface area contributed by atoms with Crippen LogP contribution in [-0.2, 0) is 6.42 Å². The SMILES string of the molecule is Cc1nc(CCNC(=O)c2cc(N)nc(C(C)C)c2)cs1. The minimum Gasteiger partial charge on any atom is -0.384 e. The highest BCUT2D eigenvalue weighted by Crippen LogP contribution is 2.16. The number of rotatable bonds is 5. The number of carbonyl (C=O) groups excluding carboxylic acids is 1. The first kappa shape index (κ1) is 15.4. The largest absolute Gasteiger partial charge is 0.384 e. The molecule has 1 amide bonds. The maximum atomic E-state index is 12.2. The van der Waals surface area contributed by atoms with Gasteiger partial charge in [0, 0.05) is 29.6 Å². The molecule has 3 N–H and O–H groups in total. The summed E-state index contributed by atoms with van der Waals surface area (Å²) < 4.78 is 0. The summed E-state index contributed by atoms with van der Waals surface area (Å²) in [6.45, 7) is 6.57. The summed E-state index contributed by atoms with van der Waals surface area (Å²) in [4.78, 5) is 20.8. The zero-order valence-electron chi connectivity index (χ0n) is 12.5. The molecule has 0 saturated carbocycles. The van der Waals surface area contributed by atoms with Crippen molar-refractivity contribution in [1.29, 1.82) is 0 Å². The standard InChI is InChI=1S/C15H20N4OS/c1-9(2)13-6-11(7-14(16)19-13)15(20)17-5-4-12-8-21-10(3)18-12/h6-9H,4-5H2,1-3H3,(H2,16,19)(H,17,20). The minimum absolute atomic E-state index is 0.127. The van der Waals surface area contributed by atoms with Crippen LogP contribution in [0.2, 0.25) is 0 Å². The van der Waals surface area contributed by atoms with E-state index in [1.165, 1.54) is 0 Å². The number of thiazole rings is 1. The summed E-state index contributed by atoms with van der Waals surface area (Å²) >= 11 is 1.62. The number of nitrogen functional groups attached to an aromatic ring is 1. The molecule has 0 spiro atoms. The Balaban J connectivity index is 1.96. The molecule has 2 heterocycles. The number of amides is 1. The lowest BCUT2D eigenvalue weighted by Crippen LogP contribution is -2.26. The molecule has 0 aromatic carbocycles. The van der Waals surface area contributed by atoms with Gasteiger partial charge in [-0.3, -0.25) is 4.79 Å². The summed E-state index contributed by atoms with van der Waals surface area (Å²) in [5.41, 5.74) is 8.15. The van der Waals surface area contributed by atoms with E-state index in [0.717, 1.165) is 22.8 Å². The predicted octanol–water partition coefficient (Wildman–Crippen LogP) is 2.52. The molecule has 0 fully saturated rings. The average Bonchev–Trinajstić information content (AvgIpc) is 2.83.